The molecule has 0 bridgehead atoms. The summed E-state index contributed by atoms with van der Waals surface area (Å²) in [4.78, 5) is 12.9. The molecule has 1 rings (SSSR count). The molecule has 0 aromatic rings. The van der Waals surface area contributed by atoms with E-state index in [4.69, 9.17) is 5.73 Å². The number of rotatable bonds is 8. The third-order valence-corrected chi connectivity index (χ3v) is 21.0. The molecule has 0 spiro atoms. The summed E-state index contributed by atoms with van der Waals surface area (Å²) in [5.41, 5.74) is 6.20. The van der Waals surface area contributed by atoms with Crippen LogP contribution >= 0.6 is 10.1 Å². The Morgan fingerprint density at radius 1 is 1.09 bits per heavy atom. The fourth-order valence-electron chi connectivity index (χ4n) is 2.95. The Morgan fingerprint density at radius 3 is 2.00 bits per heavy atom. The van der Waals surface area contributed by atoms with Crippen molar-refractivity contribution >= 4 is 28.3 Å². The molecule has 1 amide bonds. The van der Waals surface area contributed by atoms with Crippen LogP contribution in [0.2, 0.25) is 10.5 Å². The van der Waals surface area contributed by atoms with E-state index in [1.54, 1.807) is 0 Å². The van der Waals surface area contributed by atoms with Crippen molar-refractivity contribution < 1.29 is 4.79 Å². The number of nitrogens with two attached hydrogens (primary N) is 1. The van der Waals surface area contributed by atoms with Crippen molar-refractivity contribution in [2.45, 2.75) is 70.9 Å². The van der Waals surface area contributed by atoms with E-state index in [1.165, 1.54) is 23.3 Å². The van der Waals surface area contributed by atoms with E-state index in [0.29, 0.717) is 0 Å². The summed E-state index contributed by atoms with van der Waals surface area (Å²) < 4.78 is 2.32. The van der Waals surface area contributed by atoms with Gasteiger partial charge in [-0.1, -0.05) is 0 Å². The summed E-state index contributed by atoms with van der Waals surface area (Å²) in [7, 11) is 2.18. The van der Waals surface area contributed by atoms with E-state index in [9.17, 15) is 4.79 Å². The Balaban J connectivity index is 2.92. The zero-order valence-corrected chi connectivity index (χ0v) is 18.3. The standard InChI is InChI=1S/C17H36GeN2OS/c1-13(2)7-9-18(10-8-14(3)4)20(11-12-22-18)17(21)16(19)15(5)6/h13-16H,7-12,19H2,1-6H3. The first kappa shape index (κ1) is 20.4. The van der Waals surface area contributed by atoms with Crippen LogP contribution in [0.1, 0.15) is 54.4 Å². The summed E-state index contributed by atoms with van der Waals surface area (Å²) >= 11 is -2.34. The van der Waals surface area contributed by atoms with E-state index in [0.717, 1.165) is 24.1 Å². The molecule has 5 heteroatoms. The fourth-order valence-corrected chi connectivity index (χ4v) is 20.5. The van der Waals surface area contributed by atoms with Crippen LogP contribution in [-0.2, 0) is 4.79 Å². The van der Waals surface area contributed by atoms with Crippen molar-refractivity contribution in [3.63, 3.8) is 0 Å². The molecule has 1 fully saturated rings. The van der Waals surface area contributed by atoms with Crippen LogP contribution in [0.15, 0.2) is 0 Å². The van der Waals surface area contributed by atoms with Gasteiger partial charge in [0.15, 0.2) is 0 Å². The van der Waals surface area contributed by atoms with Gasteiger partial charge in [0.05, 0.1) is 0 Å². The summed E-state index contributed by atoms with van der Waals surface area (Å²) in [5, 5.41) is 2.57. The van der Waals surface area contributed by atoms with Crippen molar-refractivity contribution in [2.75, 3.05) is 12.3 Å². The monoisotopic (exact) mass is 390 g/mol. The van der Waals surface area contributed by atoms with Crippen molar-refractivity contribution in [1.29, 1.82) is 0 Å². The van der Waals surface area contributed by atoms with Crippen LogP contribution < -0.4 is 5.73 Å². The summed E-state index contributed by atoms with van der Waals surface area (Å²) in [6.07, 6.45) is 2.51. The van der Waals surface area contributed by atoms with Gasteiger partial charge in [0.25, 0.3) is 0 Å². The first-order valence-electron chi connectivity index (χ1n) is 8.90. The number of hydrogen-bond donors (Lipinski definition) is 1. The van der Waals surface area contributed by atoms with E-state index < -0.39 is 12.3 Å². The molecule has 1 saturated heterocycles. The van der Waals surface area contributed by atoms with Gasteiger partial charge in [0, 0.05) is 0 Å². The summed E-state index contributed by atoms with van der Waals surface area (Å²) in [5.74, 6) is 3.05. The van der Waals surface area contributed by atoms with Crippen LogP contribution in [0.4, 0.5) is 0 Å². The average molecular weight is 389 g/mol. The van der Waals surface area contributed by atoms with Gasteiger partial charge in [-0.15, -0.1) is 0 Å². The van der Waals surface area contributed by atoms with Crippen molar-refractivity contribution in [1.82, 2.24) is 3.86 Å². The first-order chi connectivity index (χ1) is 10.2. The minimum atomic E-state index is -2.34. The second-order valence-electron chi connectivity index (χ2n) is 7.92. The van der Waals surface area contributed by atoms with E-state index in [-0.39, 0.29) is 17.9 Å². The second kappa shape index (κ2) is 8.98. The number of hydrogen-bond acceptors (Lipinski definition) is 3. The molecule has 1 unspecified atom stereocenters. The molecule has 3 nitrogen and oxygen atoms in total. The van der Waals surface area contributed by atoms with Crippen LogP contribution in [-0.4, -0.2) is 40.4 Å². The van der Waals surface area contributed by atoms with Crippen LogP contribution in [0, 0.1) is 17.8 Å². The zero-order valence-electron chi connectivity index (χ0n) is 15.4. The molecule has 2 N–H and O–H groups in total. The average Bonchev–Trinajstić information content (AvgIpc) is 2.85. The molecule has 0 radical (unpaired) electrons. The zero-order chi connectivity index (χ0) is 16.9. The second-order valence-corrected chi connectivity index (χ2v) is 21.6. The maximum atomic E-state index is 12.9. The summed E-state index contributed by atoms with van der Waals surface area (Å²) in [6.45, 7) is 14.2. The first-order valence-corrected chi connectivity index (χ1v) is 16.4. The van der Waals surface area contributed by atoms with Crippen LogP contribution in [0.25, 0.3) is 0 Å². The molecule has 1 atom stereocenters. The van der Waals surface area contributed by atoms with Gasteiger partial charge < -0.3 is 0 Å². The SMILES string of the molecule is CC(C)C[CH2][Ge]1([CH2]CC(C)C)[S]CC[N]1C(=O)C(N)C(C)C. The Labute approximate surface area is 143 Å². The normalized spacial score (nSPS) is 19.5. The van der Waals surface area contributed by atoms with Crippen LogP contribution in [0.5, 0.6) is 0 Å². The van der Waals surface area contributed by atoms with Gasteiger partial charge in [-0.25, -0.2) is 0 Å². The molecule has 1 heterocycles. The Hall–Kier alpha value is 0.323. The topological polar surface area (TPSA) is 46.3 Å². The van der Waals surface area contributed by atoms with Crippen molar-refractivity contribution in [3.05, 3.63) is 0 Å². The number of nitrogens with zero attached hydrogens (tertiary/aromatic N) is 1. The summed E-state index contributed by atoms with van der Waals surface area (Å²) in [6, 6.07) is -0.318. The third-order valence-electron chi connectivity index (χ3n) is 4.67. The molecular formula is C17H36GeN2OS. The molecule has 0 aliphatic carbocycles. The Bertz CT molecular complexity index is 349. The third kappa shape index (κ3) is 5.45. The van der Waals surface area contributed by atoms with E-state index >= 15 is 0 Å². The predicted octanol–water partition coefficient (Wildman–Crippen LogP) is 4.08. The molecule has 0 aromatic heterocycles. The van der Waals surface area contributed by atoms with Crippen LogP contribution in [0.3, 0.4) is 0 Å². The number of amides is 1. The van der Waals surface area contributed by atoms with Gasteiger partial charge >= 0.3 is 144 Å². The molecule has 22 heavy (non-hydrogen) atoms. The van der Waals surface area contributed by atoms with Crippen molar-refractivity contribution in [2.24, 2.45) is 23.5 Å². The van der Waals surface area contributed by atoms with E-state index in [2.05, 4.69) is 55.5 Å². The molecule has 1 aliphatic rings. The molecule has 130 valence electrons. The Kier molecular flexibility index (Phi) is 8.31. The molecular weight excluding hydrogens is 353 g/mol. The number of carbonyl (C=O) groups is 1. The number of carbonyl (C=O) groups excluding carboxylic acids is 1. The van der Waals surface area contributed by atoms with Gasteiger partial charge in [-0.05, 0) is 0 Å². The maximum absolute atomic E-state index is 12.9. The molecule has 1 aliphatic heterocycles. The molecule has 0 aromatic carbocycles. The van der Waals surface area contributed by atoms with Crippen molar-refractivity contribution in [3.8, 4) is 0 Å². The fraction of sp³-hybridized carbons (Fsp3) is 0.941. The van der Waals surface area contributed by atoms with Gasteiger partial charge in [0.2, 0.25) is 0 Å². The van der Waals surface area contributed by atoms with Gasteiger partial charge in [0.1, 0.15) is 0 Å². The van der Waals surface area contributed by atoms with Gasteiger partial charge in [-0.2, -0.15) is 0 Å². The van der Waals surface area contributed by atoms with E-state index in [1.807, 2.05) is 0 Å². The van der Waals surface area contributed by atoms with Gasteiger partial charge in [-0.3, -0.25) is 0 Å². The Morgan fingerprint density at radius 2 is 1.59 bits per heavy atom. The molecule has 0 saturated carbocycles. The predicted molar refractivity (Wildman–Crippen MR) is 101 cm³/mol. The minimum absolute atomic E-state index is 0.230. The quantitative estimate of drug-likeness (QED) is 0.637.